The van der Waals surface area contributed by atoms with Crippen LogP contribution in [-0.4, -0.2) is 61.7 Å². The fourth-order valence-electron chi connectivity index (χ4n) is 2.71. The minimum absolute atomic E-state index is 0.0933. The second-order valence-electron chi connectivity index (χ2n) is 5.68. The van der Waals surface area contributed by atoms with Crippen LogP contribution < -0.4 is 9.80 Å². The lowest BCUT2D eigenvalue weighted by atomic mass is 10.2. The van der Waals surface area contributed by atoms with E-state index in [2.05, 4.69) is 12.6 Å². The molecule has 3 rings (SSSR count). The van der Waals surface area contributed by atoms with Crippen molar-refractivity contribution in [1.29, 1.82) is 0 Å². The van der Waals surface area contributed by atoms with E-state index in [1.807, 2.05) is 0 Å². The number of hydrogen-bond donors (Lipinski definition) is 1. The van der Waals surface area contributed by atoms with E-state index in [4.69, 9.17) is 9.47 Å². The molecule has 1 aromatic rings. The lowest BCUT2D eigenvalue weighted by Crippen LogP contribution is -2.33. The minimum Gasteiger partial charge on any atom is -0.447 e. The zero-order valence-electron chi connectivity index (χ0n) is 13.3. The maximum absolute atomic E-state index is 14.4. The van der Waals surface area contributed by atoms with Crippen molar-refractivity contribution in [2.24, 2.45) is 0 Å². The maximum Gasteiger partial charge on any atom is 0.414 e. The summed E-state index contributed by atoms with van der Waals surface area (Å²) in [6.07, 6.45) is -1.77. The van der Waals surface area contributed by atoms with Crippen molar-refractivity contribution in [2.45, 2.75) is 6.10 Å². The number of hydrogen-bond acceptors (Lipinski definition) is 5. The smallest absolute Gasteiger partial charge is 0.414 e. The Morgan fingerprint density at radius 1 is 1.36 bits per heavy atom. The first-order chi connectivity index (χ1) is 11.9. The summed E-state index contributed by atoms with van der Waals surface area (Å²) in [5.41, 5.74) is 0.400. The van der Waals surface area contributed by atoms with E-state index >= 15 is 0 Å². The summed E-state index contributed by atoms with van der Waals surface area (Å²) in [5.74, 6) is -0.643. The first-order valence-corrected chi connectivity index (χ1v) is 7.97. The number of halogens is 1. The van der Waals surface area contributed by atoms with Crippen LogP contribution in [0.1, 0.15) is 0 Å². The number of carbonyl (C=O) groups excluding carboxylic acids is 3. The molecule has 2 saturated heterocycles. The highest BCUT2D eigenvalue weighted by atomic mass is 32.1. The molecule has 2 aliphatic rings. The predicted octanol–water partition coefficient (Wildman–Crippen LogP) is 2.09. The van der Waals surface area contributed by atoms with Crippen LogP contribution in [0.15, 0.2) is 18.2 Å². The topological polar surface area (TPSA) is 79.4 Å². The summed E-state index contributed by atoms with van der Waals surface area (Å²) in [4.78, 5) is 38.5. The van der Waals surface area contributed by atoms with Gasteiger partial charge in [0.1, 0.15) is 18.5 Å². The van der Waals surface area contributed by atoms with Gasteiger partial charge in [0, 0.05) is 7.05 Å². The lowest BCUT2D eigenvalue weighted by molar-refractivity contribution is 0.124. The van der Waals surface area contributed by atoms with Crippen molar-refractivity contribution < 1.29 is 28.2 Å². The van der Waals surface area contributed by atoms with E-state index in [0.29, 0.717) is 5.69 Å². The average molecular weight is 369 g/mol. The van der Waals surface area contributed by atoms with Crippen LogP contribution in [-0.2, 0) is 9.47 Å². The van der Waals surface area contributed by atoms with E-state index in [0.717, 1.165) is 6.07 Å². The standard InChI is InChI=1S/C15H16FN3O5S/c1-17(15(22)25)7-10-8-19(14(21)24-10)9-2-3-12(11(16)6-9)18-4-5-23-13(18)20/h2-3,6,10H,4-5,7-8H2,1H3,(H,22,25)/t10-/m1/s1. The van der Waals surface area contributed by atoms with Gasteiger partial charge in [0.25, 0.3) is 5.24 Å². The second kappa shape index (κ2) is 6.79. The number of benzene rings is 1. The van der Waals surface area contributed by atoms with Crippen molar-refractivity contribution in [3.05, 3.63) is 24.0 Å². The van der Waals surface area contributed by atoms with Crippen LogP contribution in [0.5, 0.6) is 0 Å². The second-order valence-corrected chi connectivity index (χ2v) is 6.06. The molecule has 0 saturated carbocycles. The maximum atomic E-state index is 14.4. The van der Waals surface area contributed by atoms with Gasteiger partial charge in [-0.05, 0) is 18.2 Å². The third-order valence-corrected chi connectivity index (χ3v) is 4.31. The highest BCUT2D eigenvalue weighted by Gasteiger charge is 2.34. The molecule has 0 bridgehead atoms. The van der Waals surface area contributed by atoms with Gasteiger partial charge in [0.05, 0.1) is 31.0 Å². The number of nitrogens with zero attached hydrogens (tertiary/aromatic N) is 3. The number of carbonyl (C=O) groups is 3. The number of ether oxygens (including phenoxy) is 2. The zero-order valence-corrected chi connectivity index (χ0v) is 14.2. The van der Waals surface area contributed by atoms with E-state index in [9.17, 15) is 18.8 Å². The lowest BCUT2D eigenvalue weighted by Gasteiger charge is -2.18. The third kappa shape index (κ3) is 3.48. The number of cyclic esters (lactones) is 2. The van der Waals surface area contributed by atoms with Gasteiger partial charge in [-0.15, -0.1) is 0 Å². The first kappa shape index (κ1) is 17.3. The summed E-state index contributed by atoms with van der Waals surface area (Å²) in [6, 6.07) is 4.11. The van der Waals surface area contributed by atoms with Crippen molar-refractivity contribution in [1.82, 2.24) is 4.90 Å². The Labute approximate surface area is 148 Å². The molecule has 2 aliphatic heterocycles. The van der Waals surface area contributed by atoms with Gasteiger partial charge in [-0.2, -0.15) is 0 Å². The summed E-state index contributed by atoms with van der Waals surface area (Å²) in [6.45, 7) is 0.837. The van der Waals surface area contributed by atoms with Crippen LogP contribution in [0, 0.1) is 5.82 Å². The summed E-state index contributed by atoms with van der Waals surface area (Å²) in [5, 5.41) is -0.442. The summed E-state index contributed by atoms with van der Waals surface area (Å²) >= 11 is 3.70. The molecule has 1 aromatic carbocycles. The molecule has 0 aliphatic carbocycles. The molecule has 0 unspecified atom stereocenters. The Hall–Kier alpha value is -2.49. The molecule has 0 aromatic heterocycles. The highest BCUT2D eigenvalue weighted by Crippen LogP contribution is 2.29. The molecular weight excluding hydrogens is 353 g/mol. The normalized spacial score (nSPS) is 19.9. The molecule has 2 heterocycles. The van der Waals surface area contributed by atoms with Gasteiger partial charge in [-0.1, -0.05) is 12.6 Å². The largest absolute Gasteiger partial charge is 0.447 e. The van der Waals surface area contributed by atoms with Gasteiger partial charge in [0.15, 0.2) is 0 Å². The predicted molar refractivity (Wildman–Crippen MR) is 89.7 cm³/mol. The Morgan fingerprint density at radius 3 is 2.72 bits per heavy atom. The molecule has 134 valence electrons. The van der Waals surface area contributed by atoms with Crippen LogP contribution >= 0.6 is 12.6 Å². The van der Waals surface area contributed by atoms with Crippen molar-refractivity contribution in [2.75, 3.05) is 43.1 Å². The molecule has 1 atom stereocenters. The van der Waals surface area contributed by atoms with Crippen molar-refractivity contribution in [3.63, 3.8) is 0 Å². The molecule has 2 fully saturated rings. The van der Waals surface area contributed by atoms with E-state index in [1.165, 1.54) is 33.9 Å². The first-order valence-electron chi connectivity index (χ1n) is 7.53. The third-order valence-electron chi connectivity index (χ3n) is 3.97. The Balaban J connectivity index is 1.74. The fraction of sp³-hybridized carbons (Fsp3) is 0.400. The molecule has 0 spiro atoms. The van der Waals surface area contributed by atoms with Crippen LogP contribution in [0.25, 0.3) is 0 Å². The summed E-state index contributed by atoms with van der Waals surface area (Å²) < 4.78 is 24.4. The van der Waals surface area contributed by atoms with Crippen LogP contribution in [0.3, 0.4) is 0 Å². The average Bonchev–Trinajstić information content (AvgIpc) is 3.13. The van der Waals surface area contributed by atoms with Crippen LogP contribution in [0.2, 0.25) is 0 Å². The SMILES string of the molecule is CN(C[C@@H]1CN(c2ccc(N3CCOC3=O)c(F)c2)C(=O)O1)C(=O)S. The van der Waals surface area contributed by atoms with E-state index in [1.54, 1.807) is 0 Å². The highest BCUT2D eigenvalue weighted by molar-refractivity contribution is 7.96. The quantitative estimate of drug-likeness (QED) is 0.822. The Morgan fingerprint density at radius 2 is 2.12 bits per heavy atom. The summed E-state index contributed by atoms with van der Waals surface area (Å²) in [7, 11) is 1.54. The van der Waals surface area contributed by atoms with Crippen molar-refractivity contribution in [3.8, 4) is 0 Å². The molecule has 0 radical (unpaired) electrons. The molecule has 10 heteroatoms. The van der Waals surface area contributed by atoms with Gasteiger partial charge in [-0.3, -0.25) is 14.6 Å². The monoisotopic (exact) mass is 369 g/mol. The minimum atomic E-state index is -0.643. The number of amides is 3. The Kier molecular flexibility index (Phi) is 4.71. The number of likely N-dealkylation sites (N-methyl/N-ethyl adjacent to an activating group) is 1. The van der Waals surface area contributed by atoms with E-state index < -0.39 is 29.3 Å². The van der Waals surface area contributed by atoms with Gasteiger partial charge >= 0.3 is 12.2 Å². The molecule has 0 N–H and O–H groups in total. The number of thiol groups is 1. The van der Waals surface area contributed by atoms with Gasteiger partial charge in [0.2, 0.25) is 0 Å². The zero-order chi connectivity index (χ0) is 18.1. The van der Waals surface area contributed by atoms with Crippen molar-refractivity contribution >= 4 is 41.4 Å². The van der Waals surface area contributed by atoms with E-state index in [-0.39, 0.29) is 31.9 Å². The van der Waals surface area contributed by atoms with Gasteiger partial charge < -0.3 is 14.4 Å². The van der Waals surface area contributed by atoms with Gasteiger partial charge in [-0.25, -0.2) is 14.0 Å². The Bertz CT molecular complexity index is 731. The number of anilines is 2. The number of rotatable bonds is 4. The van der Waals surface area contributed by atoms with Crippen LogP contribution in [0.4, 0.5) is 30.1 Å². The molecular formula is C15H16FN3O5S. The molecule has 25 heavy (non-hydrogen) atoms. The fourth-order valence-corrected chi connectivity index (χ4v) is 2.79. The molecule has 8 nitrogen and oxygen atoms in total. The molecule has 3 amide bonds.